The van der Waals surface area contributed by atoms with Crippen LogP contribution in [0.5, 0.6) is 11.5 Å². The topological polar surface area (TPSA) is 78.4 Å². The molecule has 1 unspecified atom stereocenters. The lowest BCUT2D eigenvalue weighted by Gasteiger charge is -2.10. The number of rotatable bonds is 4. The molecule has 0 spiro atoms. The van der Waals surface area contributed by atoms with Crippen LogP contribution in [0.15, 0.2) is 36.4 Å². The molecule has 2 rings (SSSR count). The molecule has 5 nitrogen and oxygen atoms in total. The molecule has 0 saturated carbocycles. The average Bonchev–Trinajstić information content (AvgIpc) is 2.42. The lowest BCUT2D eigenvalue weighted by molar-refractivity contribution is -0.385. The fraction of sp³-hybridized carbons (Fsp3) is 0.143. The minimum absolute atomic E-state index is 0.0243. The maximum atomic E-state index is 11.1. The van der Waals surface area contributed by atoms with E-state index in [0.717, 1.165) is 11.6 Å². The van der Waals surface area contributed by atoms with Crippen LogP contribution in [-0.2, 0) is 0 Å². The molecule has 0 heterocycles. The quantitative estimate of drug-likeness (QED) is 0.651. The van der Waals surface area contributed by atoms with Gasteiger partial charge in [-0.05, 0) is 24.6 Å². The molecule has 0 radical (unpaired) electrons. The Hall–Kier alpha value is -1.82. The van der Waals surface area contributed by atoms with Crippen LogP contribution in [0.1, 0.15) is 18.5 Å². The number of ether oxygens (including phenoxy) is 1. The van der Waals surface area contributed by atoms with Gasteiger partial charge in [-0.15, -0.1) is 0 Å². The van der Waals surface area contributed by atoms with Gasteiger partial charge in [0.15, 0.2) is 0 Å². The summed E-state index contributed by atoms with van der Waals surface area (Å²) in [5, 5.41) is 11.3. The minimum Gasteiger partial charge on any atom is -0.450 e. The number of nitrogens with zero attached hydrogens (tertiary/aromatic N) is 1. The lowest BCUT2D eigenvalue weighted by Crippen LogP contribution is -2.04. The summed E-state index contributed by atoms with van der Waals surface area (Å²) in [4.78, 5) is 10.5. The molecule has 2 N–H and O–H groups in total. The minimum atomic E-state index is -0.576. The van der Waals surface area contributed by atoms with Crippen molar-refractivity contribution in [1.29, 1.82) is 0 Å². The molecule has 0 bridgehead atoms. The van der Waals surface area contributed by atoms with Crippen LogP contribution in [0.4, 0.5) is 5.69 Å². The van der Waals surface area contributed by atoms with E-state index in [1.165, 1.54) is 6.07 Å². The Morgan fingerprint density at radius 2 is 1.90 bits per heavy atom. The summed E-state index contributed by atoms with van der Waals surface area (Å²) >= 11 is 11.7. The highest BCUT2D eigenvalue weighted by Crippen LogP contribution is 2.38. The fourth-order valence-electron chi connectivity index (χ4n) is 1.73. The second kappa shape index (κ2) is 6.30. The molecule has 0 fully saturated rings. The van der Waals surface area contributed by atoms with Crippen LogP contribution in [0.3, 0.4) is 0 Å². The SMILES string of the molecule is CC(N)c1cccc(Oc2cc(Cl)c(Cl)cc2[N+](=O)[O-])c1. The van der Waals surface area contributed by atoms with Gasteiger partial charge in [0.25, 0.3) is 0 Å². The van der Waals surface area contributed by atoms with Gasteiger partial charge < -0.3 is 10.5 Å². The van der Waals surface area contributed by atoms with Gasteiger partial charge in [0, 0.05) is 18.2 Å². The first-order valence-electron chi connectivity index (χ1n) is 6.05. The van der Waals surface area contributed by atoms with E-state index in [1.807, 2.05) is 13.0 Å². The Morgan fingerprint density at radius 1 is 1.24 bits per heavy atom. The van der Waals surface area contributed by atoms with Crippen LogP contribution in [-0.4, -0.2) is 4.92 Å². The average molecular weight is 327 g/mol. The molecule has 0 aliphatic carbocycles. The summed E-state index contributed by atoms with van der Waals surface area (Å²) in [6, 6.07) is 9.32. The third-order valence-corrected chi connectivity index (χ3v) is 3.53. The third-order valence-electron chi connectivity index (χ3n) is 2.81. The van der Waals surface area contributed by atoms with E-state index in [4.69, 9.17) is 33.7 Å². The van der Waals surface area contributed by atoms with Crippen LogP contribution in [0, 0.1) is 10.1 Å². The van der Waals surface area contributed by atoms with Crippen molar-refractivity contribution in [2.24, 2.45) is 5.73 Å². The number of nitrogens with two attached hydrogens (primary N) is 1. The first kappa shape index (κ1) is 15.6. The summed E-state index contributed by atoms with van der Waals surface area (Å²) < 4.78 is 5.56. The van der Waals surface area contributed by atoms with Crippen molar-refractivity contribution < 1.29 is 9.66 Å². The van der Waals surface area contributed by atoms with Crippen molar-refractivity contribution in [3.05, 3.63) is 62.1 Å². The zero-order chi connectivity index (χ0) is 15.6. The smallest absolute Gasteiger partial charge is 0.313 e. The number of nitro benzene ring substituents is 1. The van der Waals surface area contributed by atoms with Gasteiger partial charge in [-0.2, -0.15) is 0 Å². The molecule has 0 aliphatic heterocycles. The summed E-state index contributed by atoms with van der Waals surface area (Å²) in [5.41, 5.74) is 6.40. The molecule has 110 valence electrons. The molecule has 1 atom stereocenters. The fourth-order valence-corrected chi connectivity index (χ4v) is 2.04. The van der Waals surface area contributed by atoms with E-state index in [-0.39, 0.29) is 27.5 Å². The first-order chi connectivity index (χ1) is 9.88. The number of hydrogen-bond donors (Lipinski definition) is 1. The van der Waals surface area contributed by atoms with Gasteiger partial charge in [0.1, 0.15) is 5.75 Å². The zero-order valence-electron chi connectivity index (χ0n) is 11.0. The van der Waals surface area contributed by atoms with Gasteiger partial charge >= 0.3 is 5.69 Å². The molecule has 7 heteroatoms. The molecule has 21 heavy (non-hydrogen) atoms. The van der Waals surface area contributed by atoms with Gasteiger partial charge in [-0.25, -0.2) is 0 Å². The zero-order valence-corrected chi connectivity index (χ0v) is 12.6. The molecule has 0 aliphatic rings. The van der Waals surface area contributed by atoms with E-state index in [0.29, 0.717) is 5.75 Å². The number of hydrogen-bond acceptors (Lipinski definition) is 4. The summed E-state index contributed by atoms with van der Waals surface area (Å²) in [5.74, 6) is 0.461. The monoisotopic (exact) mass is 326 g/mol. The number of benzene rings is 2. The van der Waals surface area contributed by atoms with Gasteiger partial charge in [-0.3, -0.25) is 10.1 Å². The molecule has 0 aromatic heterocycles. The number of nitro groups is 1. The Labute approximate surface area is 131 Å². The van der Waals surface area contributed by atoms with Crippen LogP contribution >= 0.6 is 23.2 Å². The Balaban J connectivity index is 2.41. The van der Waals surface area contributed by atoms with Crippen molar-refractivity contribution in [3.63, 3.8) is 0 Å². The van der Waals surface area contributed by atoms with Gasteiger partial charge in [0.2, 0.25) is 5.75 Å². The first-order valence-corrected chi connectivity index (χ1v) is 6.81. The molecular formula is C14H12Cl2N2O3. The molecular weight excluding hydrogens is 315 g/mol. The standard InChI is InChI=1S/C14H12Cl2N2O3/c1-8(17)9-3-2-4-10(5-9)21-14-7-12(16)11(15)6-13(14)18(19)20/h2-8H,17H2,1H3. The molecule has 2 aromatic carbocycles. The van der Waals surface area contributed by atoms with Crippen molar-refractivity contribution in [2.45, 2.75) is 13.0 Å². The normalized spacial score (nSPS) is 12.0. The van der Waals surface area contributed by atoms with E-state index in [2.05, 4.69) is 0 Å². The van der Waals surface area contributed by atoms with Gasteiger partial charge in [-0.1, -0.05) is 35.3 Å². The summed E-state index contributed by atoms with van der Waals surface area (Å²) in [6.45, 7) is 1.83. The number of halogens is 2. The molecule has 0 saturated heterocycles. The van der Waals surface area contributed by atoms with Crippen LogP contribution in [0.25, 0.3) is 0 Å². The predicted octanol–water partition coefficient (Wildman–Crippen LogP) is 4.71. The maximum Gasteiger partial charge on any atom is 0.313 e. The Morgan fingerprint density at radius 3 is 2.52 bits per heavy atom. The molecule has 2 aromatic rings. The summed E-state index contributed by atoms with van der Waals surface area (Å²) in [7, 11) is 0. The predicted molar refractivity (Wildman–Crippen MR) is 82.2 cm³/mol. The second-order valence-electron chi connectivity index (χ2n) is 4.45. The van der Waals surface area contributed by atoms with E-state index in [1.54, 1.807) is 18.2 Å². The van der Waals surface area contributed by atoms with E-state index in [9.17, 15) is 10.1 Å². The van der Waals surface area contributed by atoms with Gasteiger partial charge in [0.05, 0.1) is 15.0 Å². The second-order valence-corrected chi connectivity index (χ2v) is 5.27. The Kier molecular flexibility index (Phi) is 4.67. The third kappa shape index (κ3) is 3.64. The van der Waals surface area contributed by atoms with Crippen LogP contribution < -0.4 is 10.5 Å². The maximum absolute atomic E-state index is 11.1. The highest BCUT2D eigenvalue weighted by molar-refractivity contribution is 6.42. The highest BCUT2D eigenvalue weighted by atomic mass is 35.5. The largest absolute Gasteiger partial charge is 0.450 e. The summed E-state index contributed by atoms with van der Waals surface area (Å²) in [6.07, 6.45) is 0. The van der Waals surface area contributed by atoms with Crippen molar-refractivity contribution >= 4 is 28.9 Å². The Bertz CT molecular complexity index is 690. The van der Waals surface area contributed by atoms with Crippen molar-refractivity contribution in [3.8, 4) is 11.5 Å². The van der Waals surface area contributed by atoms with Crippen LogP contribution in [0.2, 0.25) is 10.0 Å². The molecule has 0 amide bonds. The van der Waals surface area contributed by atoms with E-state index < -0.39 is 4.92 Å². The lowest BCUT2D eigenvalue weighted by atomic mass is 10.1. The van der Waals surface area contributed by atoms with Crippen molar-refractivity contribution in [2.75, 3.05) is 0 Å². The van der Waals surface area contributed by atoms with Crippen molar-refractivity contribution in [1.82, 2.24) is 0 Å². The highest BCUT2D eigenvalue weighted by Gasteiger charge is 2.19. The van der Waals surface area contributed by atoms with E-state index >= 15 is 0 Å².